The summed E-state index contributed by atoms with van der Waals surface area (Å²) in [4.78, 5) is 13.5. The molecule has 1 aromatic heterocycles. The number of nitrogens with zero attached hydrogens (tertiary/aromatic N) is 2. The van der Waals surface area contributed by atoms with Gasteiger partial charge in [-0.05, 0) is 61.4 Å². The predicted molar refractivity (Wildman–Crippen MR) is 109 cm³/mol. The molecule has 1 unspecified atom stereocenters. The van der Waals surface area contributed by atoms with Crippen LogP contribution in [0.3, 0.4) is 0 Å². The molecule has 1 amide bonds. The molecular formula is C21H29ClN4O. The number of hydrogen-bond acceptors (Lipinski definition) is 3. The molecule has 5 nitrogen and oxygen atoms in total. The number of fused-ring (bicyclic) bond motifs is 1. The van der Waals surface area contributed by atoms with Crippen molar-refractivity contribution in [2.24, 2.45) is 0 Å². The highest BCUT2D eigenvalue weighted by atomic mass is 35.5. The minimum atomic E-state index is -0.587. The molecule has 2 aromatic rings. The molecule has 1 saturated heterocycles. The Kier molecular flexibility index (Phi) is 5.63. The third kappa shape index (κ3) is 3.50. The Labute approximate surface area is 167 Å². The van der Waals surface area contributed by atoms with Gasteiger partial charge in [-0.1, -0.05) is 38.1 Å². The van der Waals surface area contributed by atoms with E-state index in [0.717, 1.165) is 38.8 Å². The van der Waals surface area contributed by atoms with Gasteiger partial charge in [0, 0.05) is 12.4 Å². The van der Waals surface area contributed by atoms with Crippen molar-refractivity contribution >= 4 is 18.3 Å². The number of piperidine rings is 1. The van der Waals surface area contributed by atoms with Crippen LogP contribution in [0.1, 0.15) is 56.7 Å². The highest BCUT2D eigenvalue weighted by Crippen LogP contribution is 2.42. The number of halogens is 1. The molecule has 1 aliphatic heterocycles. The number of hydrogen-bond donors (Lipinski definition) is 2. The normalized spacial score (nSPS) is 23.0. The number of carbonyl (C=O) groups excluding carboxylic acids is 1. The van der Waals surface area contributed by atoms with Crippen LogP contribution in [0.2, 0.25) is 0 Å². The lowest BCUT2D eigenvalue weighted by Gasteiger charge is -2.41. The highest BCUT2D eigenvalue weighted by molar-refractivity contribution is 5.85. The van der Waals surface area contributed by atoms with Gasteiger partial charge in [0.05, 0.1) is 6.04 Å². The lowest BCUT2D eigenvalue weighted by Crippen LogP contribution is -2.55. The van der Waals surface area contributed by atoms with E-state index in [0.29, 0.717) is 0 Å². The van der Waals surface area contributed by atoms with Crippen molar-refractivity contribution in [1.29, 1.82) is 0 Å². The van der Waals surface area contributed by atoms with Crippen LogP contribution in [-0.4, -0.2) is 28.8 Å². The molecule has 6 heteroatoms. The SMILES string of the molecule is CC1(C)CCC(NC(=O)C2(n3cccn3)CCNCC2)c2ccccc21.Cl. The van der Waals surface area contributed by atoms with Crippen molar-refractivity contribution in [2.75, 3.05) is 13.1 Å². The van der Waals surface area contributed by atoms with E-state index in [1.165, 1.54) is 11.1 Å². The fraction of sp³-hybridized carbons (Fsp3) is 0.524. The fourth-order valence-electron chi connectivity index (χ4n) is 4.58. The average Bonchev–Trinajstić information content (AvgIpc) is 3.20. The van der Waals surface area contributed by atoms with E-state index < -0.39 is 5.54 Å². The summed E-state index contributed by atoms with van der Waals surface area (Å²) < 4.78 is 1.86. The standard InChI is InChI=1S/C21H28N4O.ClH/c1-20(2)9-8-18(16-6-3-4-7-17(16)20)24-19(26)21(10-13-22-14-11-21)25-15-5-12-23-25;/h3-7,12,15,18,22H,8-11,13-14H2,1-2H3,(H,24,26);1H. The minimum absolute atomic E-state index is 0. The van der Waals surface area contributed by atoms with Crippen molar-refractivity contribution in [3.63, 3.8) is 0 Å². The Morgan fingerprint density at radius 3 is 2.63 bits per heavy atom. The lowest BCUT2D eigenvalue weighted by molar-refractivity contribution is -0.133. The van der Waals surface area contributed by atoms with E-state index in [4.69, 9.17) is 0 Å². The third-order valence-corrected chi connectivity index (χ3v) is 6.22. The Hall–Kier alpha value is -1.85. The van der Waals surface area contributed by atoms with E-state index >= 15 is 0 Å². The Morgan fingerprint density at radius 2 is 1.93 bits per heavy atom. The zero-order valence-electron chi connectivity index (χ0n) is 16.1. The van der Waals surface area contributed by atoms with Crippen molar-refractivity contribution in [2.45, 2.75) is 56.5 Å². The smallest absolute Gasteiger partial charge is 0.248 e. The average molecular weight is 389 g/mol. The quantitative estimate of drug-likeness (QED) is 0.848. The first-order valence-electron chi connectivity index (χ1n) is 9.64. The maximum Gasteiger partial charge on any atom is 0.248 e. The molecule has 1 atom stereocenters. The topological polar surface area (TPSA) is 59.0 Å². The zero-order chi connectivity index (χ0) is 18.2. The van der Waals surface area contributed by atoms with Crippen molar-refractivity contribution in [1.82, 2.24) is 20.4 Å². The predicted octanol–water partition coefficient (Wildman–Crippen LogP) is 3.31. The maximum absolute atomic E-state index is 13.5. The first-order valence-corrected chi connectivity index (χ1v) is 9.64. The van der Waals surface area contributed by atoms with Crippen LogP contribution in [0, 0.1) is 0 Å². The lowest BCUT2D eigenvalue weighted by atomic mass is 9.71. The first kappa shape index (κ1) is 19.9. The molecule has 1 aliphatic carbocycles. The van der Waals surface area contributed by atoms with Gasteiger partial charge in [-0.15, -0.1) is 12.4 Å². The van der Waals surface area contributed by atoms with Gasteiger partial charge in [0.25, 0.3) is 0 Å². The first-order chi connectivity index (χ1) is 12.5. The summed E-state index contributed by atoms with van der Waals surface area (Å²) in [5.41, 5.74) is 2.19. The second kappa shape index (κ2) is 7.64. The number of amides is 1. The molecule has 2 aliphatic rings. The van der Waals surface area contributed by atoms with Gasteiger partial charge in [-0.2, -0.15) is 5.10 Å². The van der Waals surface area contributed by atoms with Gasteiger partial charge in [-0.25, -0.2) is 0 Å². The molecule has 2 N–H and O–H groups in total. The van der Waals surface area contributed by atoms with Gasteiger partial charge in [0.15, 0.2) is 0 Å². The van der Waals surface area contributed by atoms with E-state index in [2.05, 4.69) is 53.8 Å². The number of rotatable bonds is 3. The van der Waals surface area contributed by atoms with Crippen LogP contribution >= 0.6 is 12.4 Å². The highest BCUT2D eigenvalue weighted by Gasteiger charge is 2.43. The van der Waals surface area contributed by atoms with E-state index in [1.807, 2.05) is 16.9 Å². The summed E-state index contributed by atoms with van der Waals surface area (Å²) in [6, 6.07) is 10.5. The van der Waals surface area contributed by atoms with Gasteiger partial charge >= 0.3 is 0 Å². The molecule has 0 radical (unpaired) electrons. The molecule has 1 fully saturated rings. The number of carbonyl (C=O) groups is 1. The fourth-order valence-corrected chi connectivity index (χ4v) is 4.58. The van der Waals surface area contributed by atoms with Crippen LogP contribution < -0.4 is 10.6 Å². The van der Waals surface area contributed by atoms with Crippen LogP contribution in [-0.2, 0) is 15.7 Å². The van der Waals surface area contributed by atoms with Crippen molar-refractivity contribution in [3.8, 4) is 0 Å². The third-order valence-electron chi connectivity index (χ3n) is 6.22. The zero-order valence-corrected chi connectivity index (χ0v) is 16.9. The summed E-state index contributed by atoms with van der Waals surface area (Å²) in [5.74, 6) is 0.0993. The van der Waals surface area contributed by atoms with E-state index in [1.54, 1.807) is 6.20 Å². The number of benzene rings is 1. The second-order valence-corrected chi connectivity index (χ2v) is 8.27. The molecule has 4 rings (SSSR count). The monoisotopic (exact) mass is 388 g/mol. The number of nitrogens with one attached hydrogen (secondary N) is 2. The van der Waals surface area contributed by atoms with Gasteiger partial charge in [-0.3, -0.25) is 9.48 Å². The molecule has 27 heavy (non-hydrogen) atoms. The molecular weight excluding hydrogens is 360 g/mol. The van der Waals surface area contributed by atoms with Gasteiger partial charge in [0.2, 0.25) is 5.91 Å². The van der Waals surface area contributed by atoms with Crippen molar-refractivity contribution < 1.29 is 4.79 Å². The van der Waals surface area contributed by atoms with Gasteiger partial charge < -0.3 is 10.6 Å². The summed E-state index contributed by atoms with van der Waals surface area (Å²) in [6.07, 6.45) is 7.26. The summed E-state index contributed by atoms with van der Waals surface area (Å²) in [5, 5.41) is 11.2. The Balaban J connectivity index is 0.00000210. The van der Waals surface area contributed by atoms with Crippen LogP contribution in [0.25, 0.3) is 0 Å². The molecule has 0 spiro atoms. The molecule has 2 heterocycles. The maximum atomic E-state index is 13.5. The van der Waals surface area contributed by atoms with Crippen LogP contribution in [0.4, 0.5) is 0 Å². The minimum Gasteiger partial charge on any atom is -0.347 e. The van der Waals surface area contributed by atoms with E-state index in [-0.39, 0.29) is 29.8 Å². The van der Waals surface area contributed by atoms with Crippen LogP contribution in [0.15, 0.2) is 42.7 Å². The molecule has 146 valence electrons. The summed E-state index contributed by atoms with van der Waals surface area (Å²) in [7, 11) is 0. The molecule has 0 saturated carbocycles. The largest absolute Gasteiger partial charge is 0.347 e. The Bertz CT molecular complexity index is 781. The van der Waals surface area contributed by atoms with Crippen LogP contribution in [0.5, 0.6) is 0 Å². The Morgan fingerprint density at radius 1 is 1.19 bits per heavy atom. The summed E-state index contributed by atoms with van der Waals surface area (Å²) >= 11 is 0. The number of aromatic nitrogens is 2. The van der Waals surface area contributed by atoms with Gasteiger partial charge in [0.1, 0.15) is 5.54 Å². The molecule has 0 bridgehead atoms. The van der Waals surface area contributed by atoms with E-state index in [9.17, 15) is 4.79 Å². The second-order valence-electron chi connectivity index (χ2n) is 8.27. The molecule has 1 aromatic carbocycles. The van der Waals surface area contributed by atoms with Crippen molar-refractivity contribution in [3.05, 3.63) is 53.9 Å². The summed E-state index contributed by atoms with van der Waals surface area (Å²) in [6.45, 7) is 6.26.